The molecule has 0 aromatic heterocycles. The van der Waals surface area contributed by atoms with Crippen LogP contribution in [-0.4, -0.2) is 49.4 Å². The topological polar surface area (TPSA) is 74.1 Å². The lowest BCUT2D eigenvalue weighted by atomic mass is 9.77. The lowest BCUT2D eigenvalue weighted by Gasteiger charge is -2.32. The number of anilines is 1. The Kier molecular flexibility index (Phi) is 4.63. The zero-order chi connectivity index (χ0) is 20.2. The van der Waals surface area contributed by atoms with Crippen molar-refractivity contribution >= 4 is 24.0 Å². The van der Waals surface area contributed by atoms with Gasteiger partial charge in [-0.3, -0.25) is 10.1 Å². The predicted octanol–water partition coefficient (Wildman–Crippen LogP) is 2.75. The molecule has 0 N–H and O–H groups in total. The molecule has 0 spiro atoms. The molecular formula is C17H23BF2N2O5. The molecule has 7 nitrogen and oxygen atoms in total. The number of nitro groups is 1. The Morgan fingerprint density at radius 3 is 2.26 bits per heavy atom. The third-order valence-electron chi connectivity index (χ3n) is 5.54. The second-order valence-corrected chi connectivity index (χ2v) is 7.96. The molecule has 2 aliphatic rings. The molecule has 3 rings (SSSR count). The van der Waals surface area contributed by atoms with Crippen molar-refractivity contribution in [2.75, 3.05) is 25.1 Å². The van der Waals surface area contributed by atoms with Gasteiger partial charge in [-0.15, -0.1) is 0 Å². The van der Waals surface area contributed by atoms with Gasteiger partial charge in [-0.1, -0.05) is 0 Å². The molecular weight excluding hydrogens is 361 g/mol. The number of benzene rings is 1. The van der Waals surface area contributed by atoms with Gasteiger partial charge >= 0.3 is 7.12 Å². The van der Waals surface area contributed by atoms with Crippen LogP contribution in [0, 0.1) is 10.1 Å². The molecule has 1 aromatic carbocycles. The normalized spacial score (nSPS) is 22.9. The summed E-state index contributed by atoms with van der Waals surface area (Å²) < 4.78 is 44.5. The zero-order valence-electron chi connectivity index (χ0n) is 16.0. The van der Waals surface area contributed by atoms with E-state index in [-0.39, 0.29) is 24.3 Å². The fourth-order valence-corrected chi connectivity index (χ4v) is 3.25. The average Bonchev–Trinajstić information content (AvgIpc) is 3.01. The van der Waals surface area contributed by atoms with Gasteiger partial charge in [0, 0.05) is 30.6 Å². The first-order valence-corrected chi connectivity index (χ1v) is 8.72. The van der Waals surface area contributed by atoms with E-state index in [4.69, 9.17) is 14.0 Å². The summed E-state index contributed by atoms with van der Waals surface area (Å²) in [7, 11) is 0.552. The van der Waals surface area contributed by atoms with Crippen molar-refractivity contribution in [3.8, 4) is 5.75 Å². The molecule has 0 aliphatic carbocycles. The third-order valence-corrected chi connectivity index (χ3v) is 5.54. The van der Waals surface area contributed by atoms with Crippen molar-refractivity contribution in [2.24, 2.45) is 0 Å². The predicted molar refractivity (Wildman–Crippen MR) is 97.1 cm³/mol. The van der Waals surface area contributed by atoms with Gasteiger partial charge in [0.25, 0.3) is 11.6 Å². The number of hydrogen-bond acceptors (Lipinski definition) is 6. The minimum Gasteiger partial charge on any atom is -0.497 e. The van der Waals surface area contributed by atoms with Crippen molar-refractivity contribution < 1.29 is 27.7 Å². The van der Waals surface area contributed by atoms with Crippen LogP contribution in [0.2, 0.25) is 0 Å². The highest BCUT2D eigenvalue weighted by atomic mass is 19.3. The second-order valence-electron chi connectivity index (χ2n) is 7.96. The van der Waals surface area contributed by atoms with E-state index in [1.54, 1.807) is 0 Å². The van der Waals surface area contributed by atoms with E-state index in [1.807, 2.05) is 27.7 Å². The van der Waals surface area contributed by atoms with Crippen LogP contribution < -0.4 is 15.1 Å². The summed E-state index contributed by atoms with van der Waals surface area (Å²) in [4.78, 5) is 12.4. The Balaban J connectivity index is 2.05. The molecule has 2 saturated heterocycles. The lowest BCUT2D eigenvalue weighted by Crippen LogP contribution is -2.41. The van der Waals surface area contributed by atoms with Gasteiger partial charge in [-0.25, -0.2) is 8.78 Å². The summed E-state index contributed by atoms with van der Waals surface area (Å²) in [6.07, 6.45) is -0.342. The number of nitro benzene ring substituents is 1. The van der Waals surface area contributed by atoms with Crippen molar-refractivity contribution in [2.45, 2.75) is 51.2 Å². The van der Waals surface area contributed by atoms with E-state index in [2.05, 4.69) is 0 Å². The molecule has 148 valence electrons. The van der Waals surface area contributed by atoms with Gasteiger partial charge in [0.05, 0.1) is 29.8 Å². The molecule has 0 radical (unpaired) electrons. The van der Waals surface area contributed by atoms with E-state index in [9.17, 15) is 18.9 Å². The monoisotopic (exact) mass is 384 g/mol. The minimum absolute atomic E-state index is 0.0346. The summed E-state index contributed by atoms with van der Waals surface area (Å²) in [5.41, 5.74) is -1.08. The van der Waals surface area contributed by atoms with Crippen molar-refractivity contribution in [1.29, 1.82) is 0 Å². The van der Waals surface area contributed by atoms with Gasteiger partial charge in [0.2, 0.25) is 0 Å². The van der Waals surface area contributed by atoms with Crippen molar-refractivity contribution in [1.82, 2.24) is 0 Å². The Labute approximate surface area is 156 Å². The third kappa shape index (κ3) is 3.48. The number of rotatable bonds is 4. The van der Waals surface area contributed by atoms with E-state index in [0.29, 0.717) is 11.2 Å². The molecule has 2 aliphatic heterocycles. The van der Waals surface area contributed by atoms with E-state index >= 15 is 0 Å². The Hall–Kier alpha value is -1.94. The Morgan fingerprint density at radius 1 is 1.22 bits per heavy atom. The first-order valence-electron chi connectivity index (χ1n) is 8.72. The second kappa shape index (κ2) is 6.30. The highest BCUT2D eigenvalue weighted by Crippen LogP contribution is 2.40. The van der Waals surface area contributed by atoms with Crippen LogP contribution in [0.1, 0.15) is 34.1 Å². The average molecular weight is 384 g/mol. The maximum Gasteiger partial charge on any atom is 0.498 e. The highest BCUT2D eigenvalue weighted by molar-refractivity contribution is 6.63. The molecule has 0 atom stereocenters. The van der Waals surface area contributed by atoms with Gasteiger partial charge in [-0.2, -0.15) is 0 Å². The molecule has 0 saturated carbocycles. The SMILES string of the molecule is COc1cc(N2CCC(F)(F)C2)c([N+](=O)[O-])cc1B1OC(C)(C)C(C)(C)O1. The molecule has 0 amide bonds. The number of hydrogen-bond donors (Lipinski definition) is 0. The number of methoxy groups -OCH3 is 1. The van der Waals surface area contributed by atoms with Gasteiger partial charge in [0.15, 0.2) is 0 Å². The summed E-state index contributed by atoms with van der Waals surface area (Å²) in [6.45, 7) is 6.95. The van der Waals surface area contributed by atoms with Crippen LogP contribution in [0.5, 0.6) is 5.75 Å². The fraction of sp³-hybridized carbons (Fsp3) is 0.647. The first kappa shape index (κ1) is 19.8. The van der Waals surface area contributed by atoms with Crippen molar-refractivity contribution in [3.63, 3.8) is 0 Å². The van der Waals surface area contributed by atoms with Crippen LogP contribution in [0.4, 0.5) is 20.2 Å². The Morgan fingerprint density at radius 2 is 1.81 bits per heavy atom. The molecule has 2 fully saturated rings. The number of halogens is 2. The first-order chi connectivity index (χ1) is 12.4. The van der Waals surface area contributed by atoms with E-state index in [1.165, 1.54) is 24.1 Å². The van der Waals surface area contributed by atoms with E-state index < -0.39 is 35.7 Å². The smallest absolute Gasteiger partial charge is 0.497 e. The van der Waals surface area contributed by atoms with Crippen LogP contribution in [0.25, 0.3) is 0 Å². The quantitative estimate of drug-likeness (QED) is 0.452. The summed E-state index contributed by atoms with van der Waals surface area (Å²) in [6, 6.07) is 2.71. The molecule has 0 unspecified atom stereocenters. The summed E-state index contributed by atoms with van der Waals surface area (Å²) >= 11 is 0. The van der Waals surface area contributed by atoms with Gasteiger partial charge in [-0.05, 0) is 27.7 Å². The largest absolute Gasteiger partial charge is 0.498 e. The summed E-state index contributed by atoms with van der Waals surface area (Å²) in [5.74, 6) is -2.57. The molecule has 10 heteroatoms. The number of nitrogens with zero attached hydrogens (tertiary/aromatic N) is 2. The highest BCUT2D eigenvalue weighted by Gasteiger charge is 2.53. The molecule has 1 aromatic rings. The molecule has 0 bridgehead atoms. The minimum atomic E-state index is -2.87. The zero-order valence-corrected chi connectivity index (χ0v) is 16.0. The number of alkyl halides is 2. The van der Waals surface area contributed by atoms with Gasteiger partial charge in [0.1, 0.15) is 11.4 Å². The van der Waals surface area contributed by atoms with Crippen LogP contribution in [0.15, 0.2) is 12.1 Å². The van der Waals surface area contributed by atoms with Crippen LogP contribution >= 0.6 is 0 Å². The van der Waals surface area contributed by atoms with Crippen LogP contribution in [0.3, 0.4) is 0 Å². The molecule has 2 heterocycles. The summed E-state index contributed by atoms with van der Waals surface area (Å²) in [5, 5.41) is 11.6. The molecule has 27 heavy (non-hydrogen) atoms. The maximum atomic E-state index is 13.6. The standard InChI is InChI=1S/C17H23BF2N2O5/c1-15(2)16(3,4)27-18(26-15)11-8-13(22(23)24)12(9-14(11)25-5)21-7-6-17(19,20)10-21/h8-9H,6-7,10H2,1-5H3. The van der Waals surface area contributed by atoms with Crippen LogP contribution in [-0.2, 0) is 9.31 Å². The van der Waals surface area contributed by atoms with Crippen molar-refractivity contribution in [3.05, 3.63) is 22.2 Å². The maximum absolute atomic E-state index is 13.6. The fourth-order valence-electron chi connectivity index (χ4n) is 3.25. The van der Waals surface area contributed by atoms with Gasteiger partial charge < -0.3 is 18.9 Å². The number of ether oxygens (including phenoxy) is 1. The van der Waals surface area contributed by atoms with E-state index in [0.717, 1.165) is 0 Å². The Bertz CT molecular complexity index is 756. The lowest BCUT2D eigenvalue weighted by molar-refractivity contribution is -0.384.